The van der Waals surface area contributed by atoms with Crippen LogP contribution in [0.4, 0.5) is 0 Å². The Morgan fingerprint density at radius 2 is 1.45 bits per heavy atom. The van der Waals surface area contributed by atoms with Crippen molar-refractivity contribution in [2.24, 2.45) is 0 Å². The number of nitrogens with zero attached hydrogens (tertiary/aromatic N) is 1. The van der Waals surface area contributed by atoms with Crippen LogP contribution in [-0.4, -0.2) is 29.8 Å². The zero-order chi connectivity index (χ0) is 22.1. The Morgan fingerprint density at radius 1 is 0.839 bits per heavy atom. The van der Waals surface area contributed by atoms with Gasteiger partial charge in [-0.3, -0.25) is 9.59 Å². The molecule has 0 radical (unpaired) electrons. The summed E-state index contributed by atoms with van der Waals surface area (Å²) in [5.74, 6) is -0.167. The van der Waals surface area contributed by atoms with Crippen molar-refractivity contribution in [3.63, 3.8) is 0 Å². The molecule has 0 aliphatic heterocycles. The topological polar surface area (TPSA) is 49.4 Å². The van der Waals surface area contributed by atoms with Crippen molar-refractivity contribution in [3.05, 3.63) is 107 Å². The Bertz CT molecular complexity index is 986. The summed E-state index contributed by atoms with van der Waals surface area (Å²) in [7, 11) is 1.62. The Morgan fingerprint density at radius 3 is 2.06 bits per heavy atom. The van der Waals surface area contributed by atoms with E-state index in [4.69, 9.17) is 0 Å². The molecular weight excluding hydrogens is 384 g/mol. The molecule has 0 saturated carbocycles. The summed E-state index contributed by atoms with van der Waals surface area (Å²) in [5, 5.41) is 2.76. The molecule has 0 aromatic heterocycles. The third kappa shape index (κ3) is 6.54. The normalized spacial score (nSPS) is 11.5. The van der Waals surface area contributed by atoms with E-state index in [-0.39, 0.29) is 11.8 Å². The number of hydrogen-bond donors (Lipinski definition) is 1. The molecule has 4 heteroatoms. The molecule has 31 heavy (non-hydrogen) atoms. The van der Waals surface area contributed by atoms with Gasteiger partial charge in [0.25, 0.3) is 0 Å². The smallest absolute Gasteiger partial charge is 0.242 e. The van der Waals surface area contributed by atoms with Crippen molar-refractivity contribution in [1.82, 2.24) is 10.2 Å². The maximum Gasteiger partial charge on any atom is 0.242 e. The van der Waals surface area contributed by atoms with E-state index in [0.717, 1.165) is 22.3 Å². The zero-order valence-electron chi connectivity index (χ0n) is 18.3. The summed E-state index contributed by atoms with van der Waals surface area (Å²) in [6, 6.07) is 27.4. The first kappa shape index (κ1) is 22.3. The SMILES string of the molecule is CNC(=O)[C@H](Cc1ccccc1)N(Cc1cccc(C)c1)C(=O)CCc1ccccc1. The highest BCUT2D eigenvalue weighted by molar-refractivity contribution is 5.88. The molecule has 0 fully saturated rings. The van der Waals surface area contributed by atoms with Gasteiger partial charge in [-0.1, -0.05) is 90.5 Å². The molecule has 4 nitrogen and oxygen atoms in total. The number of nitrogens with one attached hydrogen (secondary N) is 1. The first-order chi connectivity index (χ1) is 15.1. The fraction of sp³-hybridized carbons (Fsp3) is 0.259. The maximum atomic E-state index is 13.4. The molecule has 0 unspecified atom stereocenters. The molecule has 3 rings (SSSR count). The maximum absolute atomic E-state index is 13.4. The van der Waals surface area contributed by atoms with Gasteiger partial charge in [-0.25, -0.2) is 0 Å². The van der Waals surface area contributed by atoms with Gasteiger partial charge >= 0.3 is 0 Å². The van der Waals surface area contributed by atoms with Crippen LogP contribution < -0.4 is 5.32 Å². The standard InChI is InChI=1S/C27H30N2O2/c1-21-10-9-15-24(18-21)20-29(26(30)17-16-22-11-5-3-6-12-22)25(27(31)28-2)19-23-13-7-4-8-14-23/h3-15,18,25H,16-17,19-20H2,1-2H3,(H,28,31)/t25-/m0/s1. The fourth-order valence-electron chi connectivity index (χ4n) is 3.77. The summed E-state index contributed by atoms with van der Waals surface area (Å²) in [4.78, 5) is 28.0. The van der Waals surface area contributed by atoms with Gasteiger partial charge in [0, 0.05) is 26.4 Å². The van der Waals surface area contributed by atoms with E-state index in [1.807, 2.05) is 85.8 Å². The van der Waals surface area contributed by atoms with Crippen molar-refractivity contribution in [2.75, 3.05) is 7.05 Å². The highest BCUT2D eigenvalue weighted by Gasteiger charge is 2.29. The van der Waals surface area contributed by atoms with Gasteiger partial charge in [0.05, 0.1) is 0 Å². The number of likely N-dealkylation sites (N-methyl/N-ethyl adjacent to an activating group) is 1. The van der Waals surface area contributed by atoms with E-state index in [1.165, 1.54) is 0 Å². The van der Waals surface area contributed by atoms with Crippen molar-refractivity contribution in [3.8, 4) is 0 Å². The Kier molecular flexibility index (Phi) is 7.99. The molecule has 0 aliphatic rings. The van der Waals surface area contributed by atoms with Crippen LogP contribution >= 0.6 is 0 Å². The first-order valence-corrected chi connectivity index (χ1v) is 10.7. The highest BCUT2D eigenvalue weighted by Crippen LogP contribution is 2.17. The summed E-state index contributed by atoms with van der Waals surface area (Å²) < 4.78 is 0. The number of benzene rings is 3. The van der Waals surface area contributed by atoms with Gasteiger partial charge in [-0.05, 0) is 30.0 Å². The van der Waals surface area contributed by atoms with Gasteiger partial charge in [0.2, 0.25) is 11.8 Å². The molecule has 0 bridgehead atoms. The summed E-state index contributed by atoms with van der Waals surface area (Å²) >= 11 is 0. The van der Waals surface area contributed by atoms with Crippen LogP contribution in [0.2, 0.25) is 0 Å². The second-order valence-electron chi connectivity index (χ2n) is 7.82. The first-order valence-electron chi connectivity index (χ1n) is 10.7. The van der Waals surface area contributed by atoms with Crippen LogP contribution in [0.1, 0.15) is 28.7 Å². The van der Waals surface area contributed by atoms with Gasteiger partial charge in [-0.2, -0.15) is 0 Å². The fourth-order valence-corrected chi connectivity index (χ4v) is 3.77. The van der Waals surface area contributed by atoms with Crippen LogP contribution in [-0.2, 0) is 29.0 Å². The number of carbonyl (C=O) groups is 2. The van der Waals surface area contributed by atoms with Crippen LogP contribution in [0.25, 0.3) is 0 Å². The molecule has 0 spiro atoms. The van der Waals surface area contributed by atoms with E-state index >= 15 is 0 Å². The molecule has 1 atom stereocenters. The number of carbonyl (C=O) groups excluding carboxylic acids is 2. The molecule has 160 valence electrons. The van der Waals surface area contributed by atoms with Crippen molar-refractivity contribution < 1.29 is 9.59 Å². The lowest BCUT2D eigenvalue weighted by molar-refractivity contribution is -0.141. The van der Waals surface area contributed by atoms with Crippen molar-refractivity contribution >= 4 is 11.8 Å². The predicted octanol–water partition coefficient (Wildman–Crippen LogP) is 4.31. The second kappa shape index (κ2) is 11.1. The Hall–Kier alpha value is -3.40. The number of amides is 2. The number of aryl methyl sites for hydroxylation is 2. The van der Waals surface area contributed by atoms with E-state index in [9.17, 15) is 9.59 Å². The van der Waals surface area contributed by atoms with E-state index in [1.54, 1.807) is 11.9 Å². The lowest BCUT2D eigenvalue weighted by Gasteiger charge is -2.31. The molecular formula is C27H30N2O2. The lowest BCUT2D eigenvalue weighted by atomic mass is 10.0. The number of hydrogen-bond acceptors (Lipinski definition) is 2. The molecule has 3 aromatic rings. The summed E-state index contributed by atoms with van der Waals surface area (Å²) in [6.07, 6.45) is 1.48. The van der Waals surface area contributed by atoms with Gasteiger partial charge < -0.3 is 10.2 Å². The predicted molar refractivity (Wildman–Crippen MR) is 124 cm³/mol. The summed E-state index contributed by atoms with van der Waals surface area (Å²) in [5.41, 5.74) is 4.30. The molecule has 1 N–H and O–H groups in total. The molecule has 0 aliphatic carbocycles. The average molecular weight is 415 g/mol. The number of rotatable bonds is 9. The van der Waals surface area contributed by atoms with E-state index in [0.29, 0.717) is 25.8 Å². The molecule has 0 heterocycles. The van der Waals surface area contributed by atoms with Crippen LogP contribution in [0, 0.1) is 6.92 Å². The Balaban J connectivity index is 1.87. The van der Waals surface area contributed by atoms with E-state index in [2.05, 4.69) is 11.4 Å². The molecule has 2 amide bonds. The second-order valence-corrected chi connectivity index (χ2v) is 7.82. The quantitative estimate of drug-likeness (QED) is 0.567. The third-order valence-corrected chi connectivity index (χ3v) is 5.42. The van der Waals surface area contributed by atoms with Gasteiger partial charge in [0.1, 0.15) is 6.04 Å². The van der Waals surface area contributed by atoms with Crippen LogP contribution in [0.5, 0.6) is 0 Å². The van der Waals surface area contributed by atoms with E-state index < -0.39 is 6.04 Å². The minimum Gasteiger partial charge on any atom is -0.357 e. The third-order valence-electron chi connectivity index (χ3n) is 5.42. The van der Waals surface area contributed by atoms with Gasteiger partial charge in [-0.15, -0.1) is 0 Å². The highest BCUT2D eigenvalue weighted by atomic mass is 16.2. The lowest BCUT2D eigenvalue weighted by Crippen LogP contribution is -2.49. The minimum absolute atomic E-state index is 0.0186. The van der Waals surface area contributed by atoms with Crippen molar-refractivity contribution in [1.29, 1.82) is 0 Å². The van der Waals surface area contributed by atoms with Crippen LogP contribution in [0.15, 0.2) is 84.9 Å². The van der Waals surface area contributed by atoms with Crippen LogP contribution in [0.3, 0.4) is 0 Å². The molecule has 3 aromatic carbocycles. The average Bonchev–Trinajstić information content (AvgIpc) is 2.80. The van der Waals surface area contributed by atoms with Crippen molar-refractivity contribution in [2.45, 2.75) is 38.8 Å². The minimum atomic E-state index is -0.573. The Labute approximate surface area is 184 Å². The largest absolute Gasteiger partial charge is 0.357 e. The monoisotopic (exact) mass is 414 g/mol. The summed E-state index contributed by atoms with van der Waals surface area (Å²) in [6.45, 7) is 2.44. The van der Waals surface area contributed by atoms with Gasteiger partial charge in [0.15, 0.2) is 0 Å². The molecule has 0 saturated heterocycles. The zero-order valence-corrected chi connectivity index (χ0v) is 18.3.